The monoisotopic (exact) mass is 212 g/mol. The summed E-state index contributed by atoms with van der Waals surface area (Å²) in [6, 6.07) is 0. The number of esters is 2. The fraction of sp³-hybridized carbons (Fsp3) is 0.455. The largest absolute Gasteiger partial charge is 0.459 e. The van der Waals surface area contributed by atoms with E-state index in [9.17, 15) is 9.59 Å². The molecule has 0 spiro atoms. The Balaban J connectivity index is 3.55. The predicted octanol–water partition coefficient (Wildman–Crippen LogP) is 1.62. The Labute approximate surface area is 89.6 Å². The van der Waals surface area contributed by atoms with E-state index < -0.39 is 11.9 Å². The Morgan fingerprint density at radius 1 is 1.27 bits per heavy atom. The smallest absolute Gasteiger partial charge is 0.333 e. The third-order valence-electron chi connectivity index (χ3n) is 1.40. The number of rotatable bonds is 6. The maximum absolute atomic E-state index is 10.9. The minimum Gasteiger partial charge on any atom is -0.459 e. The van der Waals surface area contributed by atoms with Crippen LogP contribution in [0.5, 0.6) is 0 Å². The van der Waals surface area contributed by atoms with Crippen LogP contribution >= 0.6 is 0 Å². The molecule has 4 heteroatoms. The fourth-order valence-corrected chi connectivity index (χ4v) is 0.662. The summed E-state index contributed by atoms with van der Waals surface area (Å²) in [5, 5.41) is 0. The van der Waals surface area contributed by atoms with Gasteiger partial charge in [0, 0.05) is 11.6 Å². The van der Waals surface area contributed by atoms with Gasteiger partial charge in [-0.2, -0.15) is 0 Å². The first kappa shape index (κ1) is 13.4. The zero-order chi connectivity index (χ0) is 11.7. The summed E-state index contributed by atoms with van der Waals surface area (Å²) in [7, 11) is 0. The molecule has 15 heavy (non-hydrogen) atoms. The Morgan fingerprint density at radius 3 is 2.40 bits per heavy atom. The average Bonchev–Trinajstić information content (AvgIpc) is 2.20. The van der Waals surface area contributed by atoms with Crippen LogP contribution in [0.15, 0.2) is 24.3 Å². The van der Waals surface area contributed by atoms with E-state index in [1.807, 2.05) is 6.92 Å². The van der Waals surface area contributed by atoms with Crippen molar-refractivity contribution in [1.29, 1.82) is 0 Å². The quantitative estimate of drug-likeness (QED) is 0.381. The molecule has 0 saturated heterocycles. The van der Waals surface area contributed by atoms with Crippen LogP contribution in [-0.2, 0) is 19.1 Å². The normalized spacial score (nSPS) is 10.0. The van der Waals surface area contributed by atoms with E-state index in [1.165, 1.54) is 6.08 Å². The number of hydrogen-bond donors (Lipinski definition) is 0. The Kier molecular flexibility index (Phi) is 6.97. The second-order valence-corrected chi connectivity index (χ2v) is 2.89. The zero-order valence-electron chi connectivity index (χ0n) is 9.12. The van der Waals surface area contributed by atoms with Gasteiger partial charge in [0.2, 0.25) is 0 Å². The van der Waals surface area contributed by atoms with E-state index in [0.29, 0.717) is 5.57 Å². The summed E-state index contributed by atoms with van der Waals surface area (Å²) in [6.45, 7) is 7.00. The molecule has 0 aromatic rings. The molecule has 0 radical (unpaired) electrons. The second-order valence-electron chi connectivity index (χ2n) is 2.89. The van der Waals surface area contributed by atoms with Crippen LogP contribution in [0, 0.1) is 0 Å². The van der Waals surface area contributed by atoms with Gasteiger partial charge in [0.1, 0.15) is 13.2 Å². The highest BCUT2D eigenvalue weighted by Gasteiger charge is 2.03. The van der Waals surface area contributed by atoms with Gasteiger partial charge in [-0.25, -0.2) is 9.59 Å². The van der Waals surface area contributed by atoms with Crippen molar-refractivity contribution >= 4 is 11.9 Å². The van der Waals surface area contributed by atoms with E-state index in [1.54, 1.807) is 13.0 Å². The molecule has 0 aliphatic heterocycles. The number of carbonyl (C=O) groups excluding carboxylic acids is 2. The van der Waals surface area contributed by atoms with Crippen LogP contribution in [0.1, 0.15) is 20.3 Å². The Morgan fingerprint density at radius 2 is 1.87 bits per heavy atom. The molecule has 0 aromatic heterocycles. The van der Waals surface area contributed by atoms with Crippen LogP contribution in [0.4, 0.5) is 0 Å². The lowest BCUT2D eigenvalue weighted by Crippen LogP contribution is -2.12. The van der Waals surface area contributed by atoms with E-state index in [2.05, 4.69) is 6.58 Å². The van der Waals surface area contributed by atoms with Crippen LogP contribution in [0.3, 0.4) is 0 Å². The van der Waals surface area contributed by atoms with Gasteiger partial charge in [0.25, 0.3) is 0 Å². The molecule has 0 saturated carbocycles. The van der Waals surface area contributed by atoms with Crippen molar-refractivity contribution in [3.63, 3.8) is 0 Å². The lowest BCUT2D eigenvalue weighted by atomic mass is 10.4. The van der Waals surface area contributed by atoms with E-state index in [-0.39, 0.29) is 13.2 Å². The lowest BCUT2D eigenvalue weighted by molar-refractivity contribution is -0.146. The molecule has 0 amide bonds. The molecule has 0 N–H and O–H groups in total. The SMILES string of the molecule is C=C(C)C(=O)OCCOC(=O)C=CCC. The lowest BCUT2D eigenvalue weighted by Gasteiger charge is -2.04. The molecule has 0 aliphatic carbocycles. The molecule has 0 bridgehead atoms. The molecule has 0 atom stereocenters. The number of ether oxygens (including phenoxy) is 2. The maximum Gasteiger partial charge on any atom is 0.333 e. The first-order chi connectivity index (χ1) is 7.07. The number of hydrogen-bond acceptors (Lipinski definition) is 4. The highest BCUT2D eigenvalue weighted by Crippen LogP contribution is 1.92. The predicted molar refractivity (Wildman–Crippen MR) is 56.2 cm³/mol. The van der Waals surface area contributed by atoms with Crippen molar-refractivity contribution in [3.8, 4) is 0 Å². The number of allylic oxidation sites excluding steroid dienone is 1. The molecule has 4 nitrogen and oxygen atoms in total. The molecule has 0 aliphatic rings. The summed E-state index contributed by atoms with van der Waals surface area (Å²) in [4.78, 5) is 21.8. The van der Waals surface area contributed by atoms with Crippen LogP contribution in [0.2, 0.25) is 0 Å². The third-order valence-corrected chi connectivity index (χ3v) is 1.40. The van der Waals surface area contributed by atoms with Crippen molar-refractivity contribution in [1.82, 2.24) is 0 Å². The fourth-order valence-electron chi connectivity index (χ4n) is 0.662. The van der Waals surface area contributed by atoms with Crippen LogP contribution in [-0.4, -0.2) is 25.2 Å². The summed E-state index contributed by atoms with van der Waals surface area (Å²) in [6.07, 6.45) is 3.82. The average molecular weight is 212 g/mol. The second kappa shape index (κ2) is 7.79. The minimum atomic E-state index is -0.477. The van der Waals surface area contributed by atoms with Gasteiger partial charge in [-0.15, -0.1) is 0 Å². The third kappa shape index (κ3) is 7.49. The summed E-state index contributed by atoms with van der Waals surface area (Å²) in [5.41, 5.74) is 0.326. The highest BCUT2D eigenvalue weighted by atomic mass is 16.6. The van der Waals surface area contributed by atoms with Gasteiger partial charge >= 0.3 is 11.9 Å². The maximum atomic E-state index is 10.9. The van der Waals surface area contributed by atoms with Crippen LogP contribution < -0.4 is 0 Å². The summed E-state index contributed by atoms with van der Waals surface area (Å²) < 4.78 is 9.46. The Bertz CT molecular complexity index is 266. The highest BCUT2D eigenvalue weighted by molar-refractivity contribution is 5.87. The van der Waals surface area contributed by atoms with Gasteiger partial charge in [-0.1, -0.05) is 19.6 Å². The number of carbonyl (C=O) groups is 2. The first-order valence-electron chi connectivity index (χ1n) is 4.73. The molecule has 0 unspecified atom stereocenters. The van der Waals surface area contributed by atoms with Crippen molar-refractivity contribution in [2.75, 3.05) is 13.2 Å². The summed E-state index contributed by atoms with van der Waals surface area (Å²) in [5.74, 6) is -0.904. The molecular weight excluding hydrogens is 196 g/mol. The van der Waals surface area contributed by atoms with Crippen LogP contribution in [0.25, 0.3) is 0 Å². The van der Waals surface area contributed by atoms with E-state index in [0.717, 1.165) is 6.42 Å². The van der Waals surface area contributed by atoms with E-state index >= 15 is 0 Å². The standard InChI is InChI=1S/C11H16O4/c1-4-5-6-10(12)14-7-8-15-11(13)9(2)3/h5-6H,2,4,7-8H2,1,3H3. The molecule has 0 aromatic carbocycles. The molecule has 0 fully saturated rings. The minimum absolute atomic E-state index is 0.0530. The first-order valence-corrected chi connectivity index (χ1v) is 4.73. The Hall–Kier alpha value is -1.58. The molecular formula is C11H16O4. The molecule has 0 rings (SSSR count). The molecule has 0 heterocycles. The van der Waals surface area contributed by atoms with Gasteiger partial charge in [0.05, 0.1) is 0 Å². The van der Waals surface area contributed by atoms with Crippen molar-refractivity contribution in [3.05, 3.63) is 24.3 Å². The zero-order valence-corrected chi connectivity index (χ0v) is 9.12. The topological polar surface area (TPSA) is 52.6 Å². The van der Waals surface area contributed by atoms with Gasteiger partial charge in [0.15, 0.2) is 0 Å². The van der Waals surface area contributed by atoms with Crippen molar-refractivity contribution in [2.24, 2.45) is 0 Å². The summed E-state index contributed by atoms with van der Waals surface area (Å²) >= 11 is 0. The van der Waals surface area contributed by atoms with E-state index in [4.69, 9.17) is 9.47 Å². The van der Waals surface area contributed by atoms with Gasteiger partial charge in [-0.05, 0) is 13.3 Å². The van der Waals surface area contributed by atoms with Crippen molar-refractivity contribution in [2.45, 2.75) is 20.3 Å². The van der Waals surface area contributed by atoms with Crippen molar-refractivity contribution < 1.29 is 19.1 Å². The van der Waals surface area contributed by atoms with Gasteiger partial charge < -0.3 is 9.47 Å². The molecule has 84 valence electrons. The van der Waals surface area contributed by atoms with Gasteiger partial charge in [-0.3, -0.25) is 0 Å².